The van der Waals surface area contributed by atoms with Gasteiger partial charge in [-0.2, -0.15) is 20.5 Å². The maximum absolute atomic E-state index is 12.4. The van der Waals surface area contributed by atoms with Crippen LogP contribution in [0.5, 0.6) is 0 Å². The van der Waals surface area contributed by atoms with Crippen molar-refractivity contribution in [2.45, 2.75) is 17.6 Å². The number of hydrogen-bond acceptors (Lipinski definition) is 2. The van der Waals surface area contributed by atoms with Crippen LogP contribution in [0.25, 0.3) is 0 Å². The smallest absolute Gasteiger partial charge is 0.334 e. The summed E-state index contributed by atoms with van der Waals surface area (Å²) in [6.45, 7) is 2.61. The van der Waals surface area contributed by atoms with Gasteiger partial charge in [-0.25, -0.2) is 0 Å². The molecule has 0 bridgehead atoms. The van der Waals surface area contributed by atoms with Crippen molar-refractivity contribution in [3.63, 3.8) is 0 Å². The van der Waals surface area contributed by atoms with Crippen molar-refractivity contribution >= 4 is 29.3 Å². The molecule has 0 spiro atoms. The van der Waals surface area contributed by atoms with E-state index in [0.717, 1.165) is 4.90 Å². The van der Waals surface area contributed by atoms with Gasteiger partial charge in [-0.15, -0.1) is 0 Å². The van der Waals surface area contributed by atoms with Gasteiger partial charge in [-0.05, 0) is 11.6 Å². The fourth-order valence-electron chi connectivity index (χ4n) is 1.18. The molecule has 1 fully saturated rings. The fraction of sp³-hybridized carbons (Fsp3) is 0.857. The molecule has 0 N–H and O–H groups in total. The highest BCUT2D eigenvalue weighted by molar-refractivity contribution is 7.99. The molecule has 1 unspecified atom stereocenters. The number of carbonyl (C=O) groups excluding carboxylic acids is 1. The Kier molecular flexibility index (Phi) is 3.40. The highest BCUT2D eigenvalue weighted by atomic mass is 35.5. The molecule has 1 amide bonds. The monoisotopic (exact) mass is 229 g/mol. The van der Waals surface area contributed by atoms with Crippen LogP contribution in [-0.2, 0) is 4.79 Å². The van der Waals surface area contributed by atoms with Crippen molar-refractivity contribution < 1.29 is 13.6 Å². The van der Waals surface area contributed by atoms with Gasteiger partial charge in [0.15, 0.2) is 0 Å². The molecule has 0 aromatic heterocycles. The van der Waals surface area contributed by atoms with Gasteiger partial charge in [0.05, 0.1) is 0 Å². The Labute approximate surface area is 84.6 Å². The molecule has 0 radical (unpaired) electrons. The van der Waals surface area contributed by atoms with Crippen molar-refractivity contribution in [3.8, 4) is 0 Å². The molecule has 1 atom stereocenters. The van der Waals surface area contributed by atoms with Crippen LogP contribution in [-0.4, -0.2) is 40.3 Å². The van der Waals surface area contributed by atoms with Gasteiger partial charge in [0.25, 0.3) is 0 Å². The van der Waals surface area contributed by atoms with Crippen LogP contribution in [0.15, 0.2) is 0 Å². The van der Waals surface area contributed by atoms with Gasteiger partial charge in [0.2, 0.25) is 0 Å². The van der Waals surface area contributed by atoms with Gasteiger partial charge in [0.1, 0.15) is 0 Å². The summed E-state index contributed by atoms with van der Waals surface area (Å²) >= 11 is 6.30. The first-order chi connectivity index (χ1) is 5.91. The lowest BCUT2D eigenvalue weighted by molar-refractivity contribution is -0.146. The topological polar surface area (TPSA) is 20.3 Å². The average molecular weight is 230 g/mol. The normalized spacial score (nSPS) is 24.6. The number of thioether (sulfide) groups is 1. The molecule has 6 heteroatoms. The Balaban J connectivity index is 2.56. The summed E-state index contributed by atoms with van der Waals surface area (Å²) in [4.78, 5) is 12.1. The first kappa shape index (κ1) is 11.0. The summed E-state index contributed by atoms with van der Waals surface area (Å²) in [5.41, 5.74) is 0. The third-order valence-electron chi connectivity index (χ3n) is 1.77. The van der Waals surface area contributed by atoms with Crippen molar-refractivity contribution in [3.05, 3.63) is 0 Å². The van der Waals surface area contributed by atoms with Gasteiger partial charge in [-0.1, -0.05) is 6.92 Å². The Morgan fingerprint density at radius 2 is 2.31 bits per heavy atom. The number of alkyl halides is 3. The Morgan fingerprint density at radius 3 is 2.77 bits per heavy atom. The predicted octanol–water partition coefficient (Wildman–Crippen LogP) is 1.78. The minimum atomic E-state index is -3.75. The zero-order valence-electron chi connectivity index (χ0n) is 7.10. The van der Waals surface area contributed by atoms with Crippen LogP contribution < -0.4 is 0 Å². The van der Waals surface area contributed by atoms with Crippen LogP contribution in [0, 0.1) is 0 Å². The van der Waals surface area contributed by atoms with E-state index in [1.165, 1.54) is 0 Å². The van der Waals surface area contributed by atoms with Gasteiger partial charge < -0.3 is 4.90 Å². The van der Waals surface area contributed by atoms with E-state index in [4.69, 9.17) is 0 Å². The van der Waals surface area contributed by atoms with Crippen molar-refractivity contribution in [1.82, 2.24) is 4.90 Å². The van der Waals surface area contributed by atoms with Gasteiger partial charge >= 0.3 is 11.3 Å². The molecule has 2 nitrogen and oxygen atoms in total. The van der Waals surface area contributed by atoms with E-state index in [9.17, 15) is 13.6 Å². The molecule has 1 aliphatic rings. The summed E-state index contributed by atoms with van der Waals surface area (Å²) in [5, 5.41) is -3.54. The first-order valence-electron chi connectivity index (χ1n) is 3.89. The van der Waals surface area contributed by atoms with E-state index >= 15 is 0 Å². The zero-order valence-corrected chi connectivity index (χ0v) is 8.67. The average Bonchev–Trinajstić information content (AvgIpc) is 2.01. The quantitative estimate of drug-likeness (QED) is 0.639. The van der Waals surface area contributed by atoms with Crippen LogP contribution in [0.2, 0.25) is 0 Å². The van der Waals surface area contributed by atoms with E-state index in [1.807, 2.05) is 6.92 Å². The first-order valence-corrected chi connectivity index (χ1v) is 5.31. The summed E-state index contributed by atoms with van der Waals surface area (Å²) in [6.07, 6.45) is 0. The lowest BCUT2D eigenvalue weighted by Gasteiger charge is -2.31. The lowest BCUT2D eigenvalue weighted by atomic mass is 10.3. The number of carbonyl (C=O) groups is 1. The lowest BCUT2D eigenvalue weighted by Crippen LogP contribution is -2.46. The highest BCUT2D eigenvalue weighted by Gasteiger charge is 2.40. The maximum atomic E-state index is 12.4. The Bertz CT molecular complexity index is 209. The number of halogens is 3. The van der Waals surface area contributed by atoms with Gasteiger partial charge in [-0.3, -0.25) is 4.79 Å². The van der Waals surface area contributed by atoms with E-state index in [2.05, 4.69) is 11.6 Å². The minimum Gasteiger partial charge on any atom is -0.334 e. The summed E-state index contributed by atoms with van der Waals surface area (Å²) in [7, 11) is 0. The van der Waals surface area contributed by atoms with Crippen LogP contribution in [0.1, 0.15) is 6.92 Å². The minimum absolute atomic E-state index is 0.205. The molecule has 1 saturated heterocycles. The SMILES string of the molecule is CC1CN(C(=O)C(F)(F)Cl)CCS1. The van der Waals surface area contributed by atoms with Crippen LogP contribution >= 0.6 is 23.4 Å². The molecular weight excluding hydrogens is 220 g/mol. The Hall–Kier alpha value is -0.0300. The predicted molar refractivity (Wildman–Crippen MR) is 49.3 cm³/mol. The van der Waals surface area contributed by atoms with Crippen molar-refractivity contribution in [2.75, 3.05) is 18.8 Å². The molecule has 13 heavy (non-hydrogen) atoms. The number of hydrogen-bond donors (Lipinski definition) is 0. The standard InChI is InChI=1S/C7H10ClF2NOS/c1-5-4-11(2-3-13-5)6(12)7(8,9)10/h5H,2-4H2,1H3. The van der Waals surface area contributed by atoms with Crippen molar-refractivity contribution in [2.24, 2.45) is 0 Å². The van der Waals surface area contributed by atoms with E-state index < -0.39 is 11.3 Å². The molecule has 0 saturated carbocycles. The zero-order chi connectivity index (χ0) is 10.1. The molecule has 1 aliphatic heterocycles. The molecule has 1 heterocycles. The molecular formula is C7H10ClF2NOS. The van der Waals surface area contributed by atoms with E-state index in [1.54, 1.807) is 11.8 Å². The summed E-state index contributed by atoms with van der Waals surface area (Å²) < 4.78 is 24.8. The number of amides is 1. The number of rotatable bonds is 1. The largest absolute Gasteiger partial charge is 0.399 e. The van der Waals surface area contributed by atoms with E-state index in [-0.39, 0.29) is 5.25 Å². The molecule has 1 rings (SSSR count). The second kappa shape index (κ2) is 4.00. The summed E-state index contributed by atoms with van der Waals surface area (Å²) in [6, 6.07) is 0. The van der Waals surface area contributed by atoms with Gasteiger partial charge in [0, 0.05) is 24.1 Å². The highest BCUT2D eigenvalue weighted by Crippen LogP contribution is 2.25. The van der Waals surface area contributed by atoms with Crippen LogP contribution in [0.3, 0.4) is 0 Å². The number of nitrogens with zero attached hydrogens (tertiary/aromatic N) is 1. The third-order valence-corrected chi connectivity index (χ3v) is 3.07. The van der Waals surface area contributed by atoms with Crippen LogP contribution in [0.4, 0.5) is 8.78 Å². The fourth-order valence-corrected chi connectivity index (χ4v) is 2.32. The molecule has 0 aliphatic carbocycles. The third kappa shape index (κ3) is 2.98. The van der Waals surface area contributed by atoms with Crippen molar-refractivity contribution in [1.29, 1.82) is 0 Å². The maximum Gasteiger partial charge on any atom is 0.399 e. The molecule has 0 aromatic rings. The Morgan fingerprint density at radius 1 is 1.69 bits per heavy atom. The molecule has 0 aromatic carbocycles. The van der Waals surface area contributed by atoms with E-state index in [0.29, 0.717) is 18.8 Å². The second-order valence-corrected chi connectivity index (χ2v) is 4.95. The second-order valence-electron chi connectivity index (χ2n) is 2.93. The molecule has 76 valence electrons. The summed E-state index contributed by atoms with van der Waals surface area (Å²) in [5.74, 6) is -0.582.